The van der Waals surface area contributed by atoms with Crippen molar-refractivity contribution in [2.45, 2.75) is 38.8 Å². The highest BCUT2D eigenvalue weighted by Gasteiger charge is 2.25. The molecule has 12 nitrogen and oxygen atoms in total. The van der Waals surface area contributed by atoms with Crippen LogP contribution in [-0.4, -0.2) is 99.9 Å². The number of morpholine rings is 2. The van der Waals surface area contributed by atoms with Crippen molar-refractivity contribution in [2.75, 3.05) is 76.1 Å². The number of esters is 1. The number of urea groups is 2. The number of aryl methyl sites for hydroxylation is 2. The first kappa shape index (κ1) is 41.6. The molecular weight excluding hydrogens is 711 g/mol. The molecule has 2 saturated heterocycles. The summed E-state index contributed by atoms with van der Waals surface area (Å²) < 4.78 is 15.4. The average molecular weight is 764 g/mol. The SMILES string of the molecule is COC(=O)CCc1ccc(CN(C(=O)N2CCOCC2)c2ccccc2)cc1.NCC(=O)CCc1ccc(CN(C(=O)N2CCOCC2)c2ccccc2)cc1. The first-order chi connectivity index (χ1) is 27.3. The van der Waals surface area contributed by atoms with Crippen LogP contribution < -0.4 is 15.5 Å². The van der Waals surface area contributed by atoms with Gasteiger partial charge in [-0.2, -0.15) is 0 Å². The Labute approximate surface area is 329 Å². The normalized spacial score (nSPS) is 13.9. The Balaban J connectivity index is 0.000000214. The highest BCUT2D eigenvalue weighted by Crippen LogP contribution is 2.22. The molecule has 296 valence electrons. The first-order valence-electron chi connectivity index (χ1n) is 19.2. The third-order valence-electron chi connectivity index (χ3n) is 9.65. The van der Waals surface area contributed by atoms with Crippen LogP contribution in [0.15, 0.2) is 109 Å². The van der Waals surface area contributed by atoms with E-state index in [0.717, 1.165) is 33.6 Å². The molecule has 4 amide bonds. The second-order valence-electron chi connectivity index (χ2n) is 13.6. The van der Waals surface area contributed by atoms with Gasteiger partial charge in [-0.3, -0.25) is 19.4 Å². The van der Waals surface area contributed by atoms with Crippen LogP contribution in [0.2, 0.25) is 0 Å². The number of nitrogens with zero attached hydrogens (tertiary/aromatic N) is 4. The van der Waals surface area contributed by atoms with Crippen molar-refractivity contribution in [1.29, 1.82) is 0 Å². The molecule has 0 aromatic heterocycles. The Morgan fingerprint density at radius 2 is 0.946 bits per heavy atom. The number of para-hydroxylation sites is 2. The van der Waals surface area contributed by atoms with Crippen LogP contribution in [0.25, 0.3) is 0 Å². The number of carbonyl (C=O) groups is 4. The number of benzene rings is 4. The van der Waals surface area contributed by atoms with E-state index in [9.17, 15) is 19.2 Å². The summed E-state index contributed by atoms with van der Waals surface area (Å²) in [6.07, 6.45) is 2.15. The standard InChI is InChI=1S/C22H27N3O3.C22H26N2O4/c23-16-21(26)11-10-18-6-8-19(9-7-18)17-25(20-4-2-1-3-5-20)22(27)24-12-14-28-15-13-24;1-27-21(25)12-11-18-7-9-19(10-8-18)17-24(20-5-3-2-4-6-20)22(26)23-13-15-28-16-14-23/h1-9H,10-17,23H2;2-10H,11-17H2,1H3. The van der Waals surface area contributed by atoms with Gasteiger partial charge < -0.3 is 29.7 Å². The Morgan fingerprint density at radius 1 is 0.571 bits per heavy atom. The summed E-state index contributed by atoms with van der Waals surface area (Å²) in [6, 6.07) is 35.5. The molecule has 0 unspecified atom stereocenters. The smallest absolute Gasteiger partial charge is 0.324 e. The fraction of sp³-hybridized carbons (Fsp3) is 0.364. The molecule has 2 heterocycles. The monoisotopic (exact) mass is 763 g/mol. The van der Waals surface area contributed by atoms with E-state index in [1.54, 1.807) is 9.80 Å². The van der Waals surface area contributed by atoms with Gasteiger partial charge in [-0.05, 0) is 59.4 Å². The second kappa shape index (κ2) is 22.1. The number of carbonyl (C=O) groups excluding carboxylic acids is 4. The number of nitrogens with two attached hydrogens (primary N) is 1. The van der Waals surface area contributed by atoms with Gasteiger partial charge in [-0.1, -0.05) is 84.9 Å². The van der Waals surface area contributed by atoms with Gasteiger partial charge in [-0.15, -0.1) is 0 Å². The topological polar surface area (TPSA) is 135 Å². The van der Waals surface area contributed by atoms with E-state index in [0.29, 0.717) is 91.4 Å². The van der Waals surface area contributed by atoms with E-state index in [1.807, 2.05) is 119 Å². The predicted octanol–water partition coefficient (Wildman–Crippen LogP) is 5.86. The number of methoxy groups -OCH3 is 1. The lowest BCUT2D eigenvalue weighted by Crippen LogP contribution is -2.48. The summed E-state index contributed by atoms with van der Waals surface area (Å²) in [5.41, 5.74) is 11.3. The molecule has 0 atom stereocenters. The predicted molar refractivity (Wildman–Crippen MR) is 216 cm³/mol. The maximum Gasteiger partial charge on any atom is 0.324 e. The molecule has 56 heavy (non-hydrogen) atoms. The summed E-state index contributed by atoms with van der Waals surface area (Å²) in [5, 5.41) is 0. The van der Waals surface area contributed by atoms with Crippen molar-refractivity contribution >= 4 is 35.2 Å². The number of ether oxygens (including phenoxy) is 3. The van der Waals surface area contributed by atoms with Crippen molar-refractivity contribution in [3.63, 3.8) is 0 Å². The lowest BCUT2D eigenvalue weighted by Gasteiger charge is -2.33. The van der Waals surface area contributed by atoms with Crippen LogP contribution in [0.3, 0.4) is 0 Å². The number of ketones is 1. The highest BCUT2D eigenvalue weighted by molar-refractivity contribution is 5.92. The van der Waals surface area contributed by atoms with Gasteiger partial charge >= 0.3 is 18.0 Å². The zero-order valence-corrected chi connectivity index (χ0v) is 32.2. The number of rotatable bonds is 13. The number of Topliss-reactive ketones (excluding diaryl/α,β-unsaturated/α-hetero) is 1. The Hall–Kier alpha value is -5.56. The van der Waals surface area contributed by atoms with Gasteiger partial charge in [0.15, 0.2) is 0 Å². The molecule has 2 aliphatic rings. The molecule has 2 aliphatic heterocycles. The van der Waals surface area contributed by atoms with Crippen molar-refractivity contribution in [1.82, 2.24) is 9.80 Å². The Morgan fingerprint density at radius 3 is 1.32 bits per heavy atom. The van der Waals surface area contributed by atoms with Gasteiger partial charge in [0, 0.05) is 50.4 Å². The van der Waals surface area contributed by atoms with Crippen molar-refractivity contribution < 1.29 is 33.4 Å². The number of anilines is 2. The van der Waals surface area contributed by atoms with E-state index in [-0.39, 0.29) is 30.4 Å². The molecular formula is C44H53N5O7. The van der Waals surface area contributed by atoms with Gasteiger partial charge in [0.2, 0.25) is 0 Å². The zero-order valence-electron chi connectivity index (χ0n) is 32.2. The fourth-order valence-electron chi connectivity index (χ4n) is 6.33. The highest BCUT2D eigenvalue weighted by atomic mass is 16.5. The van der Waals surface area contributed by atoms with Crippen molar-refractivity contribution in [3.05, 3.63) is 131 Å². The number of hydrogen-bond acceptors (Lipinski definition) is 8. The maximum atomic E-state index is 13.1. The second-order valence-corrected chi connectivity index (χ2v) is 13.6. The van der Waals surface area contributed by atoms with E-state index in [4.69, 9.17) is 15.2 Å². The Bertz CT molecular complexity index is 1680. The van der Waals surface area contributed by atoms with Crippen LogP contribution in [0.1, 0.15) is 35.1 Å². The minimum atomic E-state index is -0.213. The summed E-state index contributed by atoms with van der Waals surface area (Å²) in [5.74, 6) is -0.147. The van der Waals surface area contributed by atoms with Crippen molar-refractivity contribution in [2.24, 2.45) is 5.73 Å². The minimum Gasteiger partial charge on any atom is -0.469 e. The molecule has 2 fully saturated rings. The van der Waals surface area contributed by atoms with Crippen LogP contribution in [-0.2, 0) is 49.7 Å². The first-order valence-corrected chi connectivity index (χ1v) is 19.2. The van der Waals surface area contributed by atoms with Crippen LogP contribution in [0.5, 0.6) is 0 Å². The average Bonchev–Trinajstić information content (AvgIpc) is 3.27. The van der Waals surface area contributed by atoms with E-state index in [2.05, 4.69) is 4.74 Å². The molecule has 4 aromatic carbocycles. The third-order valence-corrected chi connectivity index (χ3v) is 9.65. The lowest BCUT2D eigenvalue weighted by molar-refractivity contribution is -0.140. The number of amides is 4. The quantitative estimate of drug-likeness (QED) is 0.168. The molecule has 2 N–H and O–H groups in total. The summed E-state index contributed by atoms with van der Waals surface area (Å²) in [4.78, 5) is 56.2. The minimum absolute atomic E-state index is 0.00730. The molecule has 0 spiro atoms. The number of hydrogen-bond donors (Lipinski definition) is 1. The van der Waals surface area contributed by atoms with Crippen LogP contribution in [0.4, 0.5) is 21.0 Å². The van der Waals surface area contributed by atoms with Gasteiger partial charge in [0.25, 0.3) is 0 Å². The largest absolute Gasteiger partial charge is 0.469 e. The van der Waals surface area contributed by atoms with Crippen LogP contribution in [0, 0.1) is 0 Å². The fourth-order valence-corrected chi connectivity index (χ4v) is 6.33. The van der Waals surface area contributed by atoms with E-state index in [1.165, 1.54) is 7.11 Å². The molecule has 0 bridgehead atoms. The lowest BCUT2D eigenvalue weighted by atomic mass is 10.1. The van der Waals surface area contributed by atoms with E-state index < -0.39 is 0 Å². The van der Waals surface area contributed by atoms with E-state index >= 15 is 0 Å². The maximum absolute atomic E-state index is 13.1. The van der Waals surface area contributed by atoms with Gasteiger partial charge in [-0.25, -0.2) is 9.59 Å². The molecule has 6 rings (SSSR count). The van der Waals surface area contributed by atoms with Crippen LogP contribution >= 0.6 is 0 Å². The summed E-state index contributed by atoms with van der Waals surface area (Å²) in [6.45, 7) is 5.78. The summed E-state index contributed by atoms with van der Waals surface area (Å²) in [7, 11) is 1.40. The molecule has 0 radical (unpaired) electrons. The summed E-state index contributed by atoms with van der Waals surface area (Å²) >= 11 is 0. The molecule has 0 aliphatic carbocycles. The van der Waals surface area contributed by atoms with Gasteiger partial charge in [0.1, 0.15) is 5.78 Å². The molecule has 12 heteroatoms. The zero-order chi connectivity index (χ0) is 39.5. The third kappa shape index (κ3) is 12.8. The molecule has 4 aromatic rings. The van der Waals surface area contributed by atoms with Gasteiger partial charge in [0.05, 0.1) is 53.2 Å². The Kier molecular flexibility index (Phi) is 16.4. The van der Waals surface area contributed by atoms with Crippen molar-refractivity contribution in [3.8, 4) is 0 Å². The molecule has 0 saturated carbocycles.